The molecule has 0 unspecified atom stereocenters. The van der Waals surface area contributed by atoms with Crippen molar-refractivity contribution in [1.82, 2.24) is 5.32 Å². The molecule has 0 saturated carbocycles. The summed E-state index contributed by atoms with van der Waals surface area (Å²) in [6, 6.07) is 11.2. The van der Waals surface area contributed by atoms with Crippen LogP contribution < -0.4 is 5.32 Å². The van der Waals surface area contributed by atoms with Crippen molar-refractivity contribution < 1.29 is 14.7 Å². The van der Waals surface area contributed by atoms with E-state index in [-0.39, 0.29) is 11.5 Å². The standard InChI is InChI=1S/C17H10Cl2N2O3S/c18-11-5-4-9(13(19)8-11)7-14-15(22)21-17(25-14)20-12-3-1-2-10(6-12)16(23)24/h1-8H,(H,23,24)(H,20,21,22). The van der Waals surface area contributed by atoms with Gasteiger partial charge in [0.05, 0.1) is 16.2 Å². The zero-order valence-electron chi connectivity index (χ0n) is 12.5. The molecular weight excluding hydrogens is 383 g/mol. The lowest BCUT2D eigenvalue weighted by molar-refractivity contribution is -0.115. The van der Waals surface area contributed by atoms with Crippen LogP contribution in [0.3, 0.4) is 0 Å². The molecule has 8 heteroatoms. The van der Waals surface area contributed by atoms with E-state index in [9.17, 15) is 9.59 Å². The Labute approximate surface area is 157 Å². The van der Waals surface area contributed by atoms with Crippen LogP contribution in [0.25, 0.3) is 6.08 Å². The molecule has 0 aliphatic carbocycles. The minimum Gasteiger partial charge on any atom is -0.478 e. The third-order valence-electron chi connectivity index (χ3n) is 3.22. The fraction of sp³-hybridized carbons (Fsp3) is 0. The monoisotopic (exact) mass is 392 g/mol. The highest BCUT2D eigenvalue weighted by atomic mass is 35.5. The van der Waals surface area contributed by atoms with Gasteiger partial charge < -0.3 is 10.4 Å². The zero-order chi connectivity index (χ0) is 18.0. The Balaban J connectivity index is 1.86. The van der Waals surface area contributed by atoms with E-state index in [0.29, 0.717) is 31.4 Å². The quantitative estimate of drug-likeness (QED) is 0.748. The summed E-state index contributed by atoms with van der Waals surface area (Å²) in [5.74, 6) is -1.34. The van der Waals surface area contributed by atoms with E-state index < -0.39 is 5.97 Å². The Morgan fingerprint density at radius 1 is 1.20 bits per heavy atom. The molecule has 0 bridgehead atoms. The SMILES string of the molecule is O=C1NC(=Nc2cccc(C(=O)O)c2)SC1=Cc1ccc(Cl)cc1Cl. The first-order valence-corrected chi connectivity index (χ1v) is 8.57. The maximum atomic E-state index is 12.1. The van der Waals surface area contributed by atoms with Gasteiger partial charge in [0.2, 0.25) is 0 Å². The molecule has 0 atom stereocenters. The summed E-state index contributed by atoms with van der Waals surface area (Å²) in [6.45, 7) is 0. The molecule has 0 spiro atoms. The number of thioether (sulfide) groups is 1. The van der Waals surface area contributed by atoms with Crippen molar-refractivity contribution in [3.05, 3.63) is 68.5 Å². The second-order valence-corrected chi connectivity index (χ2v) is 6.88. The summed E-state index contributed by atoms with van der Waals surface area (Å²) in [4.78, 5) is 27.8. The van der Waals surface area contributed by atoms with Gasteiger partial charge in [-0.2, -0.15) is 0 Å². The van der Waals surface area contributed by atoms with Crippen molar-refractivity contribution >= 4 is 63.8 Å². The third kappa shape index (κ3) is 4.22. The molecule has 5 nitrogen and oxygen atoms in total. The highest BCUT2D eigenvalue weighted by Gasteiger charge is 2.24. The van der Waals surface area contributed by atoms with Gasteiger partial charge in [-0.05, 0) is 53.7 Å². The third-order valence-corrected chi connectivity index (χ3v) is 4.70. The van der Waals surface area contributed by atoms with E-state index in [1.54, 1.807) is 36.4 Å². The average molecular weight is 393 g/mol. The number of hydrogen-bond acceptors (Lipinski definition) is 4. The first-order valence-electron chi connectivity index (χ1n) is 7.00. The van der Waals surface area contributed by atoms with Crippen LogP contribution >= 0.6 is 35.0 Å². The van der Waals surface area contributed by atoms with Crippen LogP contribution in [0.2, 0.25) is 10.0 Å². The minimum atomic E-state index is -1.04. The Morgan fingerprint density at radius 3 is 2.72 bits per heavy atom. The Morgan fingerprint density at radius 2 is 2.00 bits per heavy atom. The summed E-state index contributed by atoms with van der Waals surface area (Å²) >= 11 is 13.1. The Hall–Kier alpha value is -2.28. The molecule has 3 rings (SSSR count). The van der Waals surface area contributed by atoms with E-state index >= 15 is 0 Å². The second-order valence-electron chi connectivity index (χ2n) is 5.00. The van der Waals surface area contributed by atoms with Gasteiger partial charge in [0.15, 0.2) is 5.17 Å². The summed E-state index contributed by atoms with van der Waals surface area (Å²) in [6.07, 6.45) is 1.65. The van der Waals surface area contributed by atoms with Crippen molar-refractivity contribution in [2.45, 2.75) is 0 Å². The lowest BCUT2D eigenvalue weighted by Crippen LogP contribution is -2.19. The first kappa shape index (κ1) is 17.5. The van der Waals surface area contributed by atoms with Crippen molar-refractivity contribution in [2.24, 2.45) is 4.99 Å². The van der Waals surface area contributed by atoms with Gasteiger partial charge >= 0.3 is 5.97 Å². The second kappa shape index (κ2) is 7.31. The molecule has 1 fully saturated rings. The van der Waals surface area contributed by atoms with Crippen molar-refractivity contribution in [2.75, 3.05) is 0 Å². The fourth-order valence-corrected chi connectivity index (χ4v) is 3.36. The number of carboxylic acid groups (broad SMARTS) is 1. The molecule has 1 aliphatic rings. The van der Waals surface area contributed by atoms with Crippen molar-refractivity contribution in [3.8, 4) is 0 Å². The largest absolute Gasteiger partial charge is 0.478 e. The van der Waals surface area contributed by atoms with Gasteiger partial charge in [-0.15, -0.1) is 0 Å². The fourth-order valence-electron chi connectivity index (χ4n) is 2.07. The number of hydrogen-bond donors (Lipinski definition) is 2. The van der Waals surface area contributed by atoms with Gasteiger partial charge in [0, 0.05) is 10.0 Å². The molecule has 2 N–H and O–H groups in total. The molecule has 25 heavy (non-hydrogen) atoms. The van der Waals surface area contributed by atoms with Crippen LogP contribution in [0.15, 0.2) is 52.4 Å². The molecular formula is C17H10Cl2N2O3S. The topological polar surface area (TPSA) is 78.8 Å². The number of carbonyl (C=O) groups is 2. The maximum Gasteiger partial charge on any atom is 0.335 e. The number of amidine groups is 1. The van der Waals surface area contributed by atoms with Crippen LogP contribution in [0.4, 0.5) is 5.69 Å². The van der Waals surface area contributed by atoms with Gasteiger partial charge in [-0.25, -0.2) is 9.79 Å². The number of carbonyl (C=O) groups excluding carboxylic acids is 1. The smallest absolute Gasteiger partial charge is 0.335 e. The number of rotatable bonds is 3. The number of nitrogens with one attached hydrogen (secondary N) is 1. The number of carboxylic acids is 1. The highest BCUT2D eigenvalue weighted by molar-refractivity contribution is 8.18. The van der Waals surface area contributed by atoms with Crippen LogP contribution in [-0.2, 0) is 4.79 Å². The predicted octanol–water partition coefficient (Wildman–Crippen LogP) is 4.58. The summed E-state index contributed by atoms with van der Waals surface area (Å²) in [5, 5.41) is 13.0. The molecule has 1 aliphatic heterocycles. The van der Waals surface area contributed by atoms with Crippen molar-refractivity contribution in [3.63, 3.8) is 0 Å². The number of aliphatic imine (C=N–C) groups is 1. The van der Waals surface area contributed by atoms with Crippen LogP contribution in [0.5, 0.6) is 0 Å². The van der Waals surface area contributed by atoms with Crippen molar-refractivity contribution in [1.29, 1.82) is 0 Å². The zero-order valence-corrected chi connectivity index (χ0v) is 14.8. The van der Waals surface area contributed by atoms with Gasteiger partial charge in [0.25, 0.3) is 5.91 Å². The lowest BCUT2D eigenvalue weighted by atomic mass is 10.2. The van der Waals surface area contributed by atoms with Crippen LogP contribution in [-0.4, -0.2) is 22.2 Å². The number of aromatic carboxylic acids is 1. The first-order chi connectivity index (χ1) is 11.9. The number of halogens is 2. The molecule has 2 aromatic rings. The van der Waals surface area contributed by atoms with E-state index in [0.717, 1.165) is 11.8 Å². The minimum absolute atomic E-state index is 0.125. The van der Waals surface area contributed by atoms with E-state index in [1.165, 1.54) is 12.1 Å². The lowest BCUT2D eigenvalue weighted by Gasteiger charge is -1.99. The Bertz CT molecular complexity index is 941. The molecule has 1 heterocycles. The average Bonchev–Trinajstić information content (AvgIpc) is 2.89. The molecule has 0 radical (unpaired) electrons. The predicted molar refractivity (Wildman–Crippen MR) is 101 cm³/mol. The number of nitrogens with zero attached hydrogens (tertiary/aromatic N) is 1. The van der Waals surface area contributed by atoms with Crippen LogP contribution in [0, 0.1) is 0 Å². The molecule has 2 aromatic carbocycles. The number of benzene rings is 2. The van der Waals surface area contributed by atoms with Crippen LogP contribution in [0.1, 0.15) is 15.9 Å². The summed E-state index contributed by atoms with van der Waals surface area (Å²) < 4.78 is 0. The van der Waals surface area contributed by atoms with Gasteiger partial charge in [0.1, 0.15) is 0 Å². The molecule has 0 aromatic heterocycles. The highest BCUT2D eigenvalue weighted by Crippen LogP contribution is 2.30. The normalized spacial score (nSPS) is 17.1. The van der Waals surface area contributed by atoms with E-state index in [4.69, 9.17) is 28.3 Å². The van der Waals surface area contributed by atoms with Gasteiger partial charge in [-0.1, -0.05) is 35.3 Å². The number of amides is 1. The maximum absolute atomic E-state index is 12.1. The summed E-state index contributed by atoms with van der Waals surface area (Å²) in [7, 11) is 0. The molecule has 1 saturated heterocycles. The van der Waals surface area contributed by atoms with E-state index in [1.807, 2.05) is 0 Å². The Kier molecular flexibility index (Phi) is 5.13. The van der Waals surface area contributed by atoms with E-state index in [2.05, 4.69) is 10.3 Å². The molecule has 126 valence electrons. The van der Waals surface area contributed by atoms with Gasteiger partial charge in [-0.3, -0.25) is 4.79 Å². The molecule has 1 amide bonds. The summed E-state index contributed by atoms with van der Waals surface area (Å²) in [5.41, 5.74) is 1.23.